The SMILES string of the molecule is Cc1ccc(S(=O)(=O)Nc2cccc3ccccc23)cc1C(=O)NC1CCCCC1. The molecule has 0 spiro atoms. The Labute approximate surface area is 177 Å². The molecular weight excluding hydrogens is 396 g/mol. The third kappa shape index (κ3) is 4.33. The van der Waals surface area contributed by atoms with Gasteiger partial charge in [0.15, 0.2) is 0 Å². The Bertz CT molecular complexity index is 1180. The van der Waals surface area contributed by atoms with Crippen molar-refractivity contribution >= 4 is 32.4 Å². The maximum absolute atomic E-state index is 13.1. The third-order valence-electron chi connectivity index (χ3n) is 5.74. The molecule has 0 radical (unpaired) electrons. The highest BCUT2D eigenvalue weighted by molar-refractivity contribution is 7.92. The lowest BCUT2D eigenvalue weighted by Gasteiger charge is -2.23. The van der Waals surface area contributed by atoms with E-state index in [0.717, 1.165) is 42.0 Å². The van der Waals surface area contributed by atoms with Gasteiger partial charge in [0.25, 0.3) is 15.9 Å². The number of hydrogen-bond acceptors (Lipinski definition) is 3. The first-order valence-electron chi connectivity index (χ1n) is 10.4. The molecule has 0 saturated heterocycles. The zero-order valence-corrected chi connectivity index (χ0v) is 17.8. The van der Waals surface area contributed by atoms with Gasteiger partial charge in [-0.1, -0.05) is 61.7 Å². The second-order valence-corrected chi connectivity index (χ2v) is 9.60. The lowest BCUT2D eigenvalue weighted by atomic mass is 9.95. The van der Waals surface area contributed by atoms with Gasteiger partial charge in [-0.3, -0.25) is 9.52 Å². The third-order valence-corrected chi connectivity index (χ3v) is 7.10. The molecule has 1 fully saturated rings. The number of anilines is 1. The highest BCUT2D eigenvalue weighted by Crippen LogP contribution is 2.26. The minimum Gasteiger partial charge on any atom is -0.349 e. The smallest absolute Gasteiger partial charge is 0.261 e. The van der Waals surface area contributed by atoms with E-state index in [-0.39, 0.29) is 16.8 Å². The van der Waals surface area contributed by atoms with Crippen molar-refractivity contribution in [2.75, 3.05) is 4.72 Å². The van der Waals surface area contributed by atoms with E-state index in [1.54, 1.807) is 18.2 Å². The number of hydrogen-bond donors (Lipinski definition) is 2. The maximum Gasteiger partial charge on any atom is 0.261 e. The second-order valence-electron chi connectivity index (χ2n) is 7.92. The second kappa shape index (κ2) is 8.48. The van der Waals surface area contributed by atoms with Gasteiger partial charge < -0.3 is 5.32 Å². The Morgan fingerprint density at radius 3 is 2.47 bits per heavy atom. The average Bonchev–Trinajstić information content (AvgIpc) is 2.74. The fourth-order valence-electron chi connectivity index (χ4n) is 4.04. The van der Waals surface area contributed by atoms with Crippen LogP contribution in [0.25, 0.3) is 10.8 Å². The van der Waals surface area contributed by atoms with Gasteiger partial charge in [-0.15, -0.1) is 0 Å². The number of amides is 1. The molecule has 0 atom stereocenters. The standard InChI is InChI=1S/C24H26N2O3S/c1-17-14-15-20(16-22(17)24(27)25-19-10-3-2-4-11-19)30(28,29)26-23-13-7-9-18-8-5-6-12-21(18)23/h5-9,12-16,19,26H,2-4,10-11H2,1H3,(H,25,27). The zero-order valence-electron chi connectivity index (χ0n) is 17.0. The van der Waals surface area contributed by atoms with Crippen LogP contribution >= 0.6 is 0 Å². The Morgan fingerprint density at radius 2 is 1.67 bits per heavy atom. The van der Waals surface area contributed by atoms with Gasteiger partial charge in [0, 0.05) is 17.0 Å². The molecule has 1 aliphatic carbocycles. The molecular formula is C24H26N2O3S. The summed E-state index contributed by atoms with van der Waals surface area (Å²) in [6.07, 6.45) is 5.40. The van der Waals surface area contributed by atoms with E-state index in [9.17, 15) is 13.2 Å². The number of sulfonamides is 1. The Balaban J connectivity index is 1.61. The lowest BCUT2D eigenvalue weighted by Crippen LogP contribution is -2.36. The largest absolute Gasteiger partial charge is 0.349 e. The summed E-state index contributed by atoms with van der Waals surface area (Å²) in [7, 11) is -3.84. The topological polar surface area (TPSA) is 75.3 Å². The van der Waals surface area contributed by atoms with Crippen LogP contribution in [0.5, 0.6) is 0 Å². The first-order chi connectivity index (χ1) is 14.4. The Morgan fingerprint density at radius 1 is 0.933 bits per heavy atom. The number of carbonyl (C=O) groups is 1. The fraction of sp³-hybridized carbons (Fsp3) is 0.292. The van der Waals surface area contributed by atoms with E-state index in [1.807, 2.05) is 43.3 Å². The van der Waals surface area contributed by atoms with E-state index in [1.165, 1.54) is 12.5 Å². The van der Waals surface area contributed by atoms with Crippen molar-refractivity contribution in [1.29, 1.82) is 0 Å². The van der Waals surface area contributed by atoms with Gasteiger partial charge in [0.2, 0.25) is 0 Å². The number of aryl methyl sites for hydroxylation is 1. The van der Waals surface area contributed by atoms with Crippen LogP contribution in [0.15, 0.2) is 65.6 Å². The van der Waals surface area contributed by atoms with Crippen LogP contribution in [0.4, 0.5) is 5.69 Å². The van der Waals surface area contributed by atoms with E-state index in [0.29, 0.717) is 11.3 Å². The Kier molecular flexibility index (Phi) is 5.77. The molecule has 5 nitrogen and oxygen atoms in total. The van der Waals surface area contributed by atoms with E-state index >= 15 is 0 Å². The normalized spacial score (nSPS) is 15.1. The van der Waals surface area contributed by atoms with Crippen LogP contribution in [0, 0.1) is 6.92 Å². The molecule has 1 aliphatic rings. The van der Waals surface area contributed by atoms with E-state index in [4.69, 9.17) is 0 Å². The minimum atomic E-state index is -3.84. The Hall–Kier alpha value is -2.86. The highest BCUT2D eigenvalue weighted by atomic mass is 32.2. The van der Waals surface area contributed by atoms with Crippen molar-refractivity contribution in [1.82, 2.24) is 5.32 Å². The lowest BCUT2D eigenvalue weighted by molar-refractivity contribution is 0.0927. The molecule has 6 heteroatoms. The van der Waals surface area contributed by atoms with E-state index in [2.05, 4.69) is 10.0 Å². The van der Waals surface area contributed by atoms with E-state index < -0.39 is 10.0 Å². The quantitative estimate of drug-likeness (QED) is 0.607. The van der Waals surface area contributed by atoms with Crippen LogP contribution in [-0.2, 0) is 10.0 Å². The first kappa shape index (κ1) is 20.4. The summed E-state index contributed by atoms with van der Waals surface area (Å²) in [5.41, 5.74) is 1.68. The van der Waals surface area contributed by atoms with Crippen LogP contribution in [0.2, 0.25) is 0 Å². The number of carbonyl (C=O) groups excluding carboxylic acids is 1. The minimum absolute atomic E-state index is 0.0785. The summed E-state index contributed by atoms with van der Waals surface area (Å²) in [4.78, 5) is 12.9. The van der Waals surface area contributed by atoms with Crippen LogP contribution < -0.4 is 10.0 Å². The van der Waals surface area contributed by atoms with Gasteiger partial charge in [0.05, 0.1) is 10.6 Å². The van der Waals surface area contributed by atoms with Gasteiger partial charge in [-0.05, 0) is 48.9 Å². The van der Waals surface area contributed by atoms with Crippen molar-refractivity contribution in [2.24, 2.45) is 0 Å². The van der Waals surface area contributed by atoms with Crippen molar-refractivity contribution in [3.63, 3.8) is 0 Å². The molecule has 1 saturated carbocycles. The predicted molar refractivity (Wildman–Crippen MR) is 120 cm³/mol. The van der Waals surface area contributed by atoms with Gasteiger partial charge in [-0.25, -0.2) is 8.42 Å². The summed E-state index contributed by atoms with van der Waals surface area (Å²) in [5.74, 6) is -0.207. The molecule has 4 rings (SSSR count). The number of fused-ring (bicyclic) bond motifs is 1. The summed E-state index contributed by atoms with van der Waals surface area (Å²) in [6, 6.07) is 18.0. The van der Waals surface area contributed by atoms with Crippen LogP contribution in [0.3, 0.4) is 0 Å². The number of benzene rings is 3. The maximum atomic E-state index is 13.1. The summed E-state index contributed by atoms with van der Waals surface area (Å²) in [5, 5.41) is 4.85. The molecule has 0 aliphatic heterocycles. The van der Waals surface area contributed by atoms with Crippen LogP contribution in [-0.4, -0.2) is 20.4 Å². The number of rotatable bonds is 5. The van der Waals surface area contributed by atoms with Crippen molar-refractivity contribution in [3.8, 4) is 0 Å². The monoisotopic (exact) mass is 422 g/mol. The molecule has 1 amide bonds. The molecule has 30 heavy (non-hydrogen) atoms. The molecule has 0 aromatic heterocycles. The molecule has 156 valence electrons. The van der Waals surface area contributed by atoms with Gasteiger partial charge in [-0.2, -0.15) is 0 Å². The summed E-state index contributed by atoms with van der Waals surface area (Å²) >= 11 is 0. The molecule has 3 aromatic carbocycles. The van der Waals surface area contributed by atoms with Crippen molar-refractivity contribution in [3.05, 3.63) is 71.8 Å². The summed E-state index contributed by atoms with van der Waals surface area (Å²) < 4.78 is 28.8. The first-order valence-corrected chi connectivity index (χ1v) is 11.8. The number of nitrogens with one attached hydrogen (secondary N) is 2. The van der Waals surface area contributed by atoms with Gasteiger partial charge in [0.1, 0.15) is 0 Å². The van der Waals surface area contributed by atoms with Gasteiger partial charge >= 0.3 is 0 Å². The average molecular weight is 423 g/mol. The van der Waals surface area contributed by atoms with Crippen molar-refractivity contribution < 1.29 is 13.2 Å². The molecule has 0 heterocycles. The predicted octanol–water partition coefficient (Wildman–Crippen LogP) is 5.01. The molecule has 2 N–H and O–H groups in total. The molecule has 0 bridgehead atoms. The fourth-order valence-corrected chi connectivity index (χ4v) is 5.15. The highest BCUT2D eigenvalue weighted by Gasteiger charge is 2.21. The molecule has 3 aromatic rings. The van der Waals surface area contributed by atoms with Crippen LogP contribution in [0.1, 0.15) is 48.0 Å². The van der Waals surface area contributed by atoms with Crippen molar-refractivity contribution in [2.45, 2.75) is 50.0 Å². The summed E-state index contributed by atoms with van der Waals surface area (Å²) in [6.45, 7) is 1.82. The molecule has 0 unspecified atom stereocenters. The zero-order chi connectivity index (χ0) is 21.1.